The molecule has 114 valence electrons. The molecule has 0 unspecified atom stereocenters. The zero-order valence-electron chi connectivity index (χ0n) is 11.2. The van der Waals surface area contributed by atoms with E-state index in [2.05, 4.69) is 10.5 Å². The van der Waals surface area contributed by atoms with Crippen LogP contribution in [0.4, 0.5) is 0 Å². The fourth-order valence-corrected chi connectivity index (χ4v) is 2.36. The maximum atomic E-state index is 11.7. The van der Waals surface area contributed by atoms with Crippen LogP contribution < -0.4 is 5.43 Å². The van der Waals surface area contributed by atoms with Crippen molar-refractivity contribution in [1.82, 2.24) is 10.3 Å². The lowest BCUT2D eigenvalue weighted by Gasteiger charge is -2.25. The van der Waals surface area contributed by atoms with Crippen LogP contribution in [0.1, 0.15) is 5.56 Å². The zero-order chi connectivity index (χ0) is 15.2. The molecule has 0 aliphatic carbocycles. The summed E-state index contributed by atoms with van der Waals surface area (Å²) >= 11 is 11.6. The number of rotatable bonds is 4. The van der Waals surface area contributed by atoms with Gasteiger partial charge in [-0.05, 0) is 12.1 Å². The molecule has 1 heterocycles. The van der Waals surface area contributed by atoms with Crippen LogP contribution in [0.25, 0.3) is 0 Å². The van der Waals surface area contributed by atoms with Gasteiger partial charge in [0.25, 0.3) is 5.91 Å². The molecule has 21 heavy (non-hydrogen) atoms. The third-order valence-corrected chi connectivity index (χ3v) is 3.43. The third kappa shape index (κ3) is 4.86. The summed E-state index contributed by atoms with van der Waals surface area (Å²) in [5, 5.41) is 14.0. The molecule has 1 aliphatic heterocycles. The van der Waals surface area contributed by atoms with E-state index >= 15 is 0 Å². The van der Waals surface area contributed by atoms with Crippen molar-refractivity contribution in [2.45, 2.75) is 0 Å². The summed E-state index contributed by atoms with van der Waals surface area (Å²) in [7, 11) is 0. The Morgan fingerprint density at radius 2 is 2.14 bits per heavy atom. The molecular weight excluding hydrogens is 317 g/mol. The van der Waals surface area contributed by atoms with Crippen LogP contribution in [0.15, 0.2) is 17.2 Å². The highest BCUT2D eigenvalue weighted by Gasteiger charge is 2.13. The van der Waals surface area contributed by atoms with Crippen LogP contribution in [-0.2, 0) is 9.53 Å². The van der Waals surface area contributed by atoms with Crippen LogP contribution in [0.2, 0.25) is 10.0 Å². The normalized spacial score (nSPS) is 16.3. The minimum Gasteiger partial charge on any atom is -0.506 e. The Kier molecular flexibility index (Phi) is 5.81. The molecule has 8 heteroatoms. The SMILES string of the molecule is O=C(CN1CCOCC1)N/N=C\c1cc(Cl)cc(Cl)c1O. The summed E-state index contributed by atoms with van der Waals surface area (Å²) in [6.45, 7) is 2.96. The van der Waals surface area contributed by atoms with Crippen LogP contribution in [-0.4, -0.2) is 55.0 Å². The lowest BCUT2D eigenvalue weighted by Crippen LogP contribution is -2.42. The Morgan fingerprint density at radius 3 is 2.86 bits per heavy atom. The molecule has 1 aromatic rings. The van der Waals surface area contributed by atoms with E-state index in [1.807, 2.05) is 4.90 Å². The van der Waals surface area contributed by atoms with E-state index in [1.54, 1.807) is 0 Å². The Morgan fingerprint density at radius 1 is 1.43 bits per heavy atom. The van der Waals surface area contributed by atoms with E-state index in [-0.39, 0.29) is 23.2 Å². The van der Waals surface area contributed by atoms with Crippen LogP contribution in [0.5, 0.6) is 5.75 Å². The van der Waals surface area contributed by atoms with Crippen LogP contribution in [0.3, 0.4) is 0 Å². The highest BCUT2D eigenvalue weighted by atomic mass is 35.5. The van der Waals surface area contributed by atoms with Gasteiger partial charge in [0.2, 0.25) is 0 Å². The monoisotopic (exact) mass is 331 g/mol. The van der Waals surface area contributed by atoms with Crippen molar-refractivity contribution in [2.75, 3.05) is 32.8 Å². The number of aromatic hydroxyl groups is 1. The Bertz CT molecular complexity index is 546. The predicted octanol–water partition coefficient (Wildman–Crippen LogP) is 1.48. The molecule has 0 atom stereocenters. The van der Waals surface area contributed by atoms with E-state index in [1.165, 1.54) is 18.3 Å². The lowest BCUT2D eigenvalue weighted by atomic mass is 10.2. The zero-order valence-corrected chi connectivity index (χ0v) is 12.7. The van der Waals surface area contributed by atoms with Gasteiger partial charge in [-0.2, -0.15) is 5.10 Å². The van der Waals surface area contributed by atoms with Gasteiger partial charge in [-0.1, -0.05) is 23.2 Å². The Hall–Kier alpha value is -1.34. The fraction of sp³-hybridized carbons (Fsp3) is 0.385. The van der Waals surface area contributed by atoms with E-state index in [0.717, 1.165) is 13.1 Å². The van der Waals surface area contributed by atoms with Gasteiger partial charge in [0.15, 0.2) is 0 Å². The van der Waals surface area contributed by atoms with Crippen molar-refractivity contribution in [1.29, 1.82) is 0 Å². The Labute approximate surface area is 132 Å². The molecule has 2 N–H and O–H groups in total. The number of phenolic OH excluding ortho intramolecular Hbond substituents is 1. The third-order valence-electron chi connectivity index (χ3n) is 2.92. The second kappa shape index (κ2) is 7.61. The average Bonchev–Trinajstić information content (AvgIpc) is 2.45. The van der Waals surface area contributed by atoms with E-state index in [0.29, 0.717) is 23.8 Å². The number of benzene rings is 1. The minimum absolute atomic E-state index is 0.128. The molecule has 1 fully saturated rings. The summed E-state index contributed by atoms with van der Waals surface area (Å²) in [6, 6.07) is 2.92. The van der Waals surface area contributed by atoms with Crippen LogP contribution in [0, 0.1) is 0 Å². The summed E-state index contributed by atoms with van der Waals surface area (Å²) in [6.07, 6.45) is 1.30. The number of carbonyl (C=O) groups excluding carboxylic acids is 1. The molecule has 0 radical (unpaired) electrons. The van der Waals surface area contributed by atoms with Gasteiger partial charge in [-0.25, -0.2) is 5.43 Å². The fourth-order valence-electron chi connectivity index (χ4n) is 1.86. The molecule has 0 aromatic heterocycles. The molecule has 0 spiro atoms. The number of phenols is 1. The van der Waals surface area contributed by atoms with Gasteiger partial charge in [-0.15, -0.1) is 0 Å². The maximum absolute atomic E-state index is 11.7. The summed E-state index contributed by atoms with van der Waals surface area (Å²) in [4.78, 5) is 13.7. The first-order chi connectivity index (χ1) is 10.1. The number of morpholine rings is 1. The van der Waals surface area contributed by atoms with Crippen molar-refractivity contribution < 1.29 is 14.6 Å². The number of hydrazone groups is 1. The largest absolute Gasteiger partial charge is 0.506 e. The van der Waals surface area contributed by atoms with Crippen molar-refractivity contribution in [2.24, 2.45) is 5.10 Å². The number of amides is 1. The van der Waals surface area contributed by atoms with Gasteiger partial charge >= 0.3 is 0 Å². The van der Waals surface area contributed by atoms with Gasteiger partial charge in [0.1, 0.15) is 5.75 Å². The molecule has 2 rings (SSSR count). The number of nitrogens with one attached hydrogen (secondary N) is 1. The number of carbonyl (C=O) groups is 1. The first kappa shape index (κ1) is 16.0. The minimum atomic E-state index is -0.235. The number of nitrogens with zero attached hydrogens (tertiary/aromatic N) is 2. The first-order valence-corrected chi connectivity index (χ1v) is 7.12. The van der Waals surface area contributed by atoms with Crippen molar-refractivity contribution in [3.05, 3.63) is 27.7 Å². The average molecular weight is 332 g/mol. The lowest BCUT2D eigenvalue weighted by molar-refractivity contribution is -0.123. The van der Waals surface area contributed by atoms with Gasteiger partial charge in [-0.3, -0.25) is 9.69 Å². The van der Waals surface area contributed by atoms with E-state index in [4.69, 9.17) is 27.9 Å². The number of hydrogen-bond donors (Lipinski definition) is 2. The topological polar surface area (TPSA) is 74.2 Å². The van der Waals surface area contributed by atoms with Crippen molar-refractivity contribution in [3.63, 3.8) is 0 Å². The molecule has 1 amide bonds. The predicted molar refractivity (Wildman–Crippen MR) is 81.1 cm³/mol. The quantitative estimate of drug-likeness (QED) is 0.647. The number of hydrogen-bond acceptors (Lipinski definition) is 5. The number of halogens is 2. The second-order valence-corrected chi connectivity index (χ2v) is 5.35. The Balaban J connectivity index is 1.88. The van der Waals surface area contributed by atoms with Gasteiger partial charge < -0.3 is 9.84 Å². The molecule has 0 saturated carbocycles. The standard InChI is InChI=1S/C13H15Cl2N3O3/c14-10-5-9(13(20)11(15)6-10)7-16-17-12(19)8-18-1-3-21-4-2-18/h5-7,20H,1-4,8H2,(H,17,19)/b16-7-. The summed E-state index contributed by atoms with van der Waals surface area (Å²) < 4.78 is 5.20. The van der Waals surface area contributed by atoms with Crippen LogP contribution >= 0.6 is 23.2 Å². The van der Waals surface area contributed by atoms with E-state index < -0.39 is 0 Å². The highest BCUT2D eigenvalue weighted by molar-refractivity contribution is 6.36. The molecule has 0 bridgehead atoms. The van der Waals surface area contributed by atoms with Crippen molar-refractivity contribution >= 4 is 35.3 Å². The maximum Gasteiger partial charge on any atom is 0.254 e. The second-order valence-electron chi connectivity index (χ2n) is 4.51. The summed E-state index contributed by atoms with van der Waals surface area (Å²) in [5.74, 6) is -0.368. The molecular formula is C13H15Cl2N3O3. The first-order valence-electron chi connectivity index (χ1n) is 6.36. The highest BCUT2D eigenvalue weighted by Crippen LogP contribution is 2.29. The molecule has 1 aromatic carbocycles. The van der Waals surface area contributed by atoms with Crippen molar-refractivity contribution in [3.8, 4) is 5.75 Å². The molecule has 1 saturated heterocycles. The van der Waals surface area contributed by atoms with E-state index in [9.17, 15) is 9.90 Å². The number of ether oxygens (including phenoxy) is 1. The summed E-state index contributed by atoms with van der Waals surface area (Å²) in [5.41, 5.74) is 2.73. The molecule has 1 aliphatic rings. The van der Waals surface area contributed by atoms with Gasteiger partial charge in [0, 0.05) is 23.7 Å². The van der Waals surface area contributed by atoms with Gasteiger partial charge in [0.05, 0.1) is 31.0 Å². The smallest absolute Gasteiger partial charge is 0.254 e. The molecule has 6 nitrogen and oxygen atoms in total.